The van der Waals surface area contributed by atoms with Gasteiger partial charge in [0.2, 0.25) is 5.91 Å². The van der Waals surface area contributed by atoms with Crippen LogP contribution in [0.3, 0.4) is 0 Å². The molecule has 26 heavy (non-hydrogen) atoms. The molecule has 0 saturated carbocycles. The second kappa shape index (κ2) is 7.85. The van der Waals surface area contributed by atoms with Crippen LogP contribution in [0.1, 0.15) is 32.8 Å². The van der Waals surface area contributed by atoms with Crippen molar-refractivity contribution < 1.29 is 24.2 Å². The summed E-state index contributed by atoms with van der Waals surface area (Å²) in [5.74, 6) is 0.560. The number of rotatable bonds is 4. The van der Waals surface area contributed by atoms with E-state index in [1.54, 1.807) is 22.9 Å². The van der Waals surface area contributed by atoms with Gasteiger partial charge in [0.15, 0.2) is 0 Å². The first-order valence-corrected chi connectivity index (χ1v) is 8.70. The first-order valence-electron chi connectivity index (χ1n) is 8.70. The molecule has 1 atom stereocenters. The maximum absolute atomic E-state index is 12.6. The molecule has 0 bridgehead atoms. The Labute approximate surface area is 154 Å². The van der Waals surface area contributed by atoms with Crippen molar-refractivity contribution >= 4 is 12.0 Å². The van der Waals surface area contributed by atoms with E-state index in [0.29, 0.717) is 30.8 Å². The number of phenols is 1. The number of phenolic OH excluding ortho intramolecular Hbond substituents is 1. The van der Waals surface area contributed by atoms with Gasteiger partial charge in [-0.25, -0.2) is 4.79 Å². The highest BCUT2D eigenvalue weighted by molar-refractivity contribution is 5.80. The highest BCUT2D eigenvalue weighted by Crippen LogP contribution is 2.25. The Hall–Kier alpha value is -2.44. The minimum Gasteiger partial charge on any atom is -0.508 e. The molecular weight excluding hydrogens is 336 g/mol. The lowest BCUT2D eigenvalue weighted by molar-refractivity contribution is -0.131. The summed E-state index contributed by atoms with van der Waals surface area (Å²) in [5, 5.41) is 9.65. The number of methoxy groups -OCH3 is 1. The Balaban J connectivity index is 1.97. The minimum absolute atomic E-state index is 0.0571. The van der Waals surface area contributed by atoms with Crippen molar-refractivity contribution in [1.29, 1.82) is 0 Å². The van der Waals surface area contributed by atoms with Gasteiger partial charge < -0.3 is 24.4 Å². The van der Waals surface area contributed by atoms with Crippen LogP contribution < -0.4 is 4.74 Å². The van der Waals surface area contributed by atoms with Crippen LogP contribution >= 0.6 is 0 Å². The van der Waals surface area contributed by atoms with Gasteiger partial charge in [0.1, 0.15) is 17.1 Å². The van der Waals surface area contributed by atoms with Crippen molar-refractivity contribution in [3.05, 3.63) is 23.8 Å². The molecule has 1 N–H and O–H groups in total. The summed E-state index contributed by atoms with van der Waals surface area (Å²) in [7, 11) is 3.26. The van der Waals surface area contributed by atoms with Gasteiger partial charge in [-0.15, -0.1) is 0 Å². The van der Waals surface area contributed by atoms with Crippen molar-refractivity contribution in [3.8, 4) is 11.5 Å². The fraction of sp³-hybridized carbons (Fsp3) is 0.579. The summed E-state index contributed by atoms with van der Waals surface area (Å²) in [6, 6.07) is 4.63. The molecule has 1 heterocycles. The first kappa shape index (κ1) is 19.9. The number of likely N-dealkylation sites (N-methyl/N-ethyl adjacent to an activating group) is 1. The first-order chi connectivity index (χ1) is 12.1. The molecule has 0 unspecified atom stereocenters. The molecule has 1 aliphatic rings. The van der Waals surface area contributed by atoms with Gasteiger partial charge in [-0.3, -0.25) is 4.79 Å². The number of aromatic hydroxyl groups is 1. The van der Waals surface area contributed by atoms with E-state index in [1.807, 2.05) is 20.8 Å². The number of ether oxygens (including phenoxy) is 2. The Morgan fingerprint density at radius 3 is 2.65 bits per heavy atom. The second-order valence-corrected chi connectivity index (χ2v) is 7.55. The predicted octanol–water partition coefficient (Wildman–Crippen LogP) is 2.41. The number of hydrogen-bond donors (Lipinski definition) is 1. The fourth-order valence-corrected chi connectivity index (χ4v) is 2.94. The SMILES string of the molecule is COc1ccc(O)cc1CC(=O)N(C)[C@@H]1CCN(C(=O)OC(C)(C)C)C1. The van der Waals surface area contributed by atoms with E-state index >= 15 is 0 Å². The normalized spacial score (nSPS) is 17.1. The number of nitrogens with zero attached hydrogens (tertiary/aromatic N) is 2. The molecule has 1 aromatic rings. The molecule has 7 nitrogen and oxygen atoms in total. The van der Waals surface area contributed by atoms with Crippen LogP contribution in [0.2, 0.25) is 0 Å². The minimum atomic E-state index is -0.539. The van der Waals surface area contributed by atoms with Crippen molar-refractivity contribution in [2.24, 2.45) is 0 Å². The lowest BCUT2D eigenvalue weighted by Gasteiger charge is -2.27. The summed E-state index contributed by atoms with van der Waals surface area (Å²) in [5.41, 5.74) is 0.0919. The molecule has 1 aromatic carbocycles. The number of carbonyl (C=O) groups is 2. The molecule has 0 aliphatic carbocycles. The molecule has 2 rings (SSSR count). The van der Waals surface area contributed by atoms with Crippen molar-refractivity contribution in [3.63, 3.8) is 0 Å². The summed E-state index contributed by atoms with van der Waals surface area (Å²) in [6.07, 6.45) is 0.478. The molecule has 1 fully saturated rings. The number of carbonyl (C=O) groups excluding carboxylic acids is 2. The molecule has 0 radical (unpaired) electrons. The molecular formula is C19H28N2O5. The number of hydrogen-bond acceptors (Lipinski definition) is 5. The quantitative estimate of drug-likeness (QED) is 0.888. The topological polar surface area (TPSA) is 79.3 Å². The average Bonchev–Trinajstić information content (AvgIpc) is 3.03. The maximum Gasteiger partial charge on any atom is 0.410 e. The Kier molecular flexibility index (Phi) is 6.00. The van der Waals surface area contributed by atoms with Crippen LogP contribution in [-0.2, 0) is 16.0 Å². The van der Waals surface area contributed by atoms with Gasteiger partial charge >= 0.3 is 6.09 Å². The maximum atomic E-state index is 12.6. The van der Waals surface area contributed by atoms with Crippen LogP contribution in [0.25, 0.3) is 0 Å². The van der Waals surface area contributed by atoms with Crippen LogP contribution in [0.15, 0.2) is 18.2 Å². The standard InChI is InChI=1S/C19H28N2O5/c1-19(2,3)26-18(24)21-9-8-14(12-21)20(4)17(23)11-13-10-15(22)6-7-16(13)25-5/h6-7,10,14,22H,8-9,11-12H2,1-5H3/t14-/m1/s1. The highest BCUT2D eigenvalue weighted by Gasteiger charge is 2.33. The van der Waals surface area contributed by atoms with Gasteiger partial charge in [0, 0.05) is 25.7 Å². The monoisotopic (exact) mass is 364 g/mol. The van der Waals surface area contributed by atoms with Crippen molar-refractivity contribution in [2.45, 2.75) is 45.3 Å². The van der Waals surface area contributed by atoms with Gasteiger partial charge in [-0.1, -0.05) is 0 Å². The van der Waals surface area contributed by atoms with E-state index in [4.69, 9.17) is 9.47 Å². The summed E-state index contributed by atoms with van der Waals surface area (Å²) >= 11 is 0. The van der Waals surface area contributed by atoms with E-state index in [-0.39, 0.29) is 30.2 Å². The summed E-state index contributed by atoms with van der Waals surface area (Å²) in [6.45, 7) is 6.51. The highest BCUT2D eigenvalue weighted by atomic mass is 16.6. The Bertz CT molecular complexity index is 668. The molecule has 144 valence electrons. The number of likely N-dealkylation sites (tertiary alicyclic amines) is 1. The summed E-state index contributed by atoms with van der Waals surface area (Å²) < 4.78 is 10.6. The van der Waals surface area contributed by atoms with E-state index in [0.717, 1.165) is 0 Å². The van der Waals surface area contributed by atoms with E-state index in [2.05, 4.69) is 0 Å². The van der Waals surface area contributed by atoms with Gasteiger partial charge in [-0.2, -0.15) is 0 Å². The molecule has 2 amide bonds. The smallest absolute Gasteiger partial charge is 0.410 e. The Morgan fingerprint density at radius 1 is 1.35 bits per heavy atom. The van der Waals surface area contributed by atoms with Crippen LogP contribution in [-0.4, -0.2) is 65.8 Å². The molecule has 1 saturated heterocycles. The van der Waals surface area contributed by atoms with E-state index in [1.165, 1.54) is 19.2 Å². The third kappa shape index (κ3) is 5.03. The number of benzene rings is 1. The third-order valence-electron chi connectivity index (χ3n) is 4.36. The zero-order chi connectivity index (χ0) is 19.5. The lowest BCUT2D eigenvalue weighted by atomic mass is 10.1. The molecule has 7 heteroatoms. The second-order valence-electron chi connectivity index (χ2n) is 7.55. The van der Waals surface area contributed by atoms with Gasteiger partial charge in [-0.05, 0) is 45.4 Å². The molecule has 0 spiro atoms. The summed E-state index contributed by atoms with van der Waals surface area (Å²) in [4.78, 5) is 28.1. The van der Waals surface area contributed by atoms with Gasteiger partial charge in [0.25, 0.3) is 0 Å². The fourth-order valence-electron chi connectivity index (χ4n) is 2.94. The predicted molar refractivity (Wildman–Crippen MR) is 97.3 cm³/mol. The van der Waals surface area contributed by atoms with E-state index < -0.39 is 5.60 Å². The Morgan fingerprint density at radius 2 is 2.04 bits per heavy atom. The lowest BCUT2D eigenvalue weighted by Crippen LogP contribution is -2.41. The van der Waals surface area contributed by atoms with Crippen LogP contribution in [0, 0.1) is 0 Å². The van der Waals surface area contributed by atoms with Crippen molar-refractivity contribution in [2.75, 3.05) is 27.2 Å². The zero-order valence-corrected chi connectivity index (χ0v) is 16.1. The number of amides is 2. The third-order valence-corrected chi connectivity index (χ3v) is 4.36. The van der Waals surface area contributed by atoms with Crippen LogP contribution in [0.5, 0.6) is 11.5 Å². The molecule has 1 aliphatic heterocycles. The van der Waals surface area contributed by atoms with Gasteiger partial charge in [0.05, 0.1) is 19.6 Å². The average molecular weight is 364 g/mol. The van der Waals surface area contributed by atoms with Crippen LogP contribution in [0.4, 0.5) is 4.79 Å². The zero-order valence-electron chi connectivity index (χ0n) is 16.1. The van der Waals surface area contributed by atoms with Crippen molar-refractivity contribution in [1.82, 2.24) is 9.80 Å². The van der Waals surface area contributed by atoms with E-state index in [9.17, 15) is 14.7 Å². The molecule has 0 aromatic heterocycles. The largest absolute Gasteiger partial charge is 0.508 e.